The molecule has 1 aliphatic carbocycles. The van der Waals surface area contributed by atoms with E-state index in [1.165, 1.54) is 32.1 Å². The number of nitrogens with one attached hydrogen (secondary N) is 2. The lowest BCUT2D eigenvalue weighted by Crippen LogP contribution is -2.48. The molecule has 3 nitrogen and oxygen atoms in total. The second-order valence-electron chi connectivity index (χ2n) is 6.21. The van der Waals surface area contributed by atoms with Gasteiger partial charge in [0.15, 0.2) is 0 Å². The summed E-state index contributed by atoms with van der Waals surface area (Å²) >= 11 is 0. The average Bonchev–Trinajstić information content (AvgIpc) is 2.36. The van der Waals surface area contributed by atoms with Crippen LogP contribution in [0, 0.1) is 11.8 Å². The van der Waals surface area contributed by atoms with Gasteiger partial charge in [-0.15, -0.1) is 0 Å². The zero-order valence-electron chi connectivity index (χ0n) is 12.5. The Kier molecular flexibility index (Phi) is 6.69. The van der Waals surface area contributed by atoms with Gasteiger partial charge < -0.3 is 10.6 Å². The van der Waals surface area contributed by atoms with Crippen molar-refractivity contribution in [2.75, 3.05) is 6.54 Å². The first-order chi connectivity index (χ1) is 8.50. The summed E-state index contributed by atoms with van der Waals surface area (Å²) in [4.78, 5) is 11.9. The molecule has 0 aliphatic heterocycles. The third-order valence-electron chi connectivity index (χ3n) is 3.95. The van der Waals surface area contributed by atoms with E-state index in [0.717, 1.165) is 12.5 Å². The van der Waals surface area contributed by atoms with Crippen LogP contribution in [0.4, 0.5) is 0 Å². The molecule has 0 saturated heterocycles. The van der Waals surface area contributed by atoms with Gasteiger partial charge in [0.2, 0.25) is 5.91 Å². The molecular formula is C15H30N2O. The van der Waals surface area contributed by atoms with E-state index in [2.05, 4.69) is 31.4 Å². The molecule has 0 aromatic carbocycles. The lowest BCUT2D eigenvalue weighted by molar-refractivity contribution is -0.123. The highest BCUT2D eigenvalue weighted by Gasteiger charge is 2.23. The Bertz CT molecular complexity index is 247. The smallest absolute Gasteiger partial charge is 0.236 e. The van der Waals surface area contributed by atoms with E-state index < -0.39 is 0 Å². The molecule has 1 fully saturated rings. The molecule has 0 bridgehead atoms. The predicted molar refractivity (Wildman–Crippen MR) is 76.5 cm³/mol. The van der Waals surface area contributed by atoms with Crippen molar-refractivity contribution in [2.24, 2.45) is 11.8 Å². The van der Waals surface area contributed by atoms with Crippen molar-refractivity contribution in [3.05, 3.63) is 0 Å². The summed E-state index contributed by atoms with van der Waals surface area (Å²) in [7, 11) is 0. The van der Waals surface area contributed by atoms with Gasteiger partial charge in [-0.2, -0.15) is 0 Å². The van der Waals surface area contributed by atoms with E-state index in [1.807, 2.05) is 6.92 Å². The number of amides is 1. The zero-order chi connectivity index (χ0) is 13.5. The minimum atomic E-state index is -0.0827. The third kappa shape index (κ3) is 5.38. The van der Waals surface area contributed by atoms with Gasteiger partial charge in [-0.1, -0.05) is 33.1 Å². The number of carbonyl (C=O) groups is 1. The molecule has 0 spiro atoms. The van der Waals surface area contributed by atoms with Crippen LogP contribution >= 0.6 is 0 Å². The summed E-state index contributed by atoms with van der Waals surface area (Å²) in [6, 6.07) is 0.366. The second-order valence-corrected chi connectivity index (χ2v) is 6.21. The first kappa shape index (κ1) is 15.5. The van der Waals surface area contributed by atoms with Crippen LogP contribution in [-0.2, 0) is 4.79 Å². The van der Waals surface area contributed by atoms with Gasteiger partial charge >= 0.3 is 0 Å². The quantitative estimate of drug-likeness (QED) is 0.765. The van der Waals surface area contributed by atoms with Crippen LogP contribution < -0.4 is 10.6 Å². The van der Waals surface area contributed by atoms with E-state index in [4.69, 9.17) is 0 Å². The maximum absolute atomic E-state index is 11.9. The fourth-order valence-corrected chi connectivity index (χ4v) is 2.70. The molecule has 0 aromatic heterocycles. The summed E-state index contributed by atoms with van der Waals surface area (Å²) in [5.41, 5.74) is 0. The van der Waals surface area contributed by atoms with Gasteiger partial charge in [-0.05, 0) is 38.5 Å². The van der Waals surface area contributed by atoms with Crippen LogP contribution in [0.2, 0.25) is 0 Å². The first-order valence-corrected chi connectivity index (χ1v) is 7.54. The minimum Gasteiger partial charge on any atom is -0.354 e. The van der Waals surface area contributed by atoms with Crippen LogP contribution in [0.5, 0.6) is 0 Å². The van der Waals surface area contributed by atoms with Gasteiger partial charge in [0.1, 0.15) is 0 Å². The van der Waals surface area contributed by atoms with Crippen molar-refractivity contribution in [2.45, 2.75) is 71.9 Å². The van der Waals surface area contributed by atoms with Crippen molar-refractivity contribution in [1.29, 1.82) is 0 Å². The number of carbonyl (C=O) groups excluding carboxylic acids is 1. The van der Waals surface area contributed by atoms with E-state index in [1.54, 1.807) is 0 Å². The molecular weight excluding hydrogens is 224 g/mol. The maximum atomic E-state index is 11.9. The van der Waals surface area contributed by atoms with Crippen molar-refractivity contribution < 1.29 is 4.79 Å². The standard InChI is InChI=1S/C15H30N2O/c1-11(2)10-16-15(18)13(4)17-12(3)14-8-6-5-7-9-14/h11-14,17H,5-10H2,1-4H3,(H,16,18)/t12-,13?/m0/s1. The Balaban J connectivity index is 2.28. The fraction of sp³-hybridized carbons (Fsp3) is 0.933. The zero-order valence-corrected chi connectivity index (χ0v) is 12.5. The number of hydrogen-bond acceptors (Lipinski definition) is 2. The molecule has 106 valence electrons. The summed E-state index contributed by atoms with van der Waals surface area (Å²) in [5.74, 6) is 1.39. The van der Waals surface area contributed by atoms with Crippen molar-refractivity contribution >= 4 is 5.91 Å². The Morgan fingerprint density at radius 1 is 1.11 bits per heavy atom. The molecule has 1 amide bonds. The lowest BCUT2D eigenvalue weighted by Gasteiger charge is -2.30. The van der Waals surface area contributed by atoms with Crippen LogP contribution in [0.3, 0.4) is 0 Å². The molecule has 1 rings (SSSR count). The van der Waals surface area contributed by atoms with Gasteiger partial charge in [0.05, 0.1) is 6.04 Å². The Morgan fingerprint density at radius 2 is 1.72 bits per heavy atom. The largest absolute Gasteiger partial charge is 0.354 e. The summed E-state index contributed by atoms with van der Waals surface area (Å²) < 4.78 is 0. The second kappa shape index (κ2) is 7.78. The average molecular weight is 254 g/mol. The maximum Gasteiger partial charge on any atom is 0.236 e. The van der Waals surface area contributed by atoms with Crippen molar-refractivity contribution in [3.63, 3.8) is 0 Å². The van der Waals surface area contributed by atoms with E-state index >= 15 is 0 Å². The molecule has 1 saturated carbocycles. The van der Waals surface area contributed by atoms with Gasteiger partial charge in [0.25, 0.3) is 0 Å². The monoisotopic (exact) mass is 254 g/mol. The number of hydrogen-bond donors (Lipinski definition) is 2. The fourth-order valence-electron chi connectivity index (χ4n) is 2.70. The third-order valence-corrected chi connectivity index (χ3v) is 3.95. The minimum absolute atomic E-state index is 0.0827. The molecule has 1 unspecified atom stereocenters. The highest BCUT2D eigenvalue weighted by molar-refractivity contribution is 5.81. The van der Waals surface area contributed by atoms with Gasteiger partial charge in [-0.25, -0.2) is 0 Å². The van der Waals surface area contributed by atoms with E-state index in [-0.39, 0.29) is 11.9 Å². The molecule has 3 heteroatoms. The van der Waals surface area contributed by atoms with Crippen LogP contribution in [0.15, 0.2) is 0 Å². The molecule has 0 aromatic rings. The highest BCUT2D eigenvalue weighted by atomic mass is 16.2. The van der Waals surface area contributed by atoms with Gasteiger partial charge in [0, 0.05) is 12.6 Å². The van der Waals surface area contributed by atoms with Crippen LogP contribution in [-0.4, -0.2) is 24.5 Å². The van der Waals surface area contributed by atoms with E-state index in [0.29, 0.717) is 12.0 Å². The van der Waals surface area contributed by atoms with E-state index in [9.17, 15) is 4.79 Å². The Morgan fingerprint density at radius 3 is 2.28 bits per heavy atom. The summed E-state index contributed by atoms with van der Waals surface area (Å²) in [6.07, 6.45) is 6.71. The van der Waals surface area contributed by atoms with Crippen LogP contribution in [0.25, 0.3) is 0 Å². The van der Waals surface area contributed by atoms with Crippen molar-refractivity contribution in [1.82, 2.24) is 10.6 Å². The molecule has 0 radical (unpaired) electrons. The SMILES string of the molecule is CC(C)CNC(=O)C(C)N[C@@H](C)C1CCCCC1. The Labute approximate surface area is 112 Å². The topological polar surface area (TPSA) is 41.1 Å². The lowest BCUT2D eigenvalue weighted by atomic mass is 9.84. The molecule has 1 aliphatic rings. The normalized spacial score (nSPS) is 20.7. The molecule has 2 atom stereocenters. The Hall–Kier alpha value is -0.570. The van der Waals surface area contributed by atoms with Gasteiger partial charge in [-0.3, -0.25) is 4.79 Å². The van der Waals surface area contributed by atoms with Crippen LogP contribution in [0.1, 0.15) is 59.8 Å². The summed E-state index contributed by atoms with van der Waals surface area (Å²) in [5, 5.41) is 6.45. The molecule has 0 heterocycles. The highest BCUT2D eigenvalue weighted by Crippen LogP contribution is 2.26. The first-order valence-electron chi connectivity index (χ1n) is 7.54. The molecule has 2 N–H and O–H groups in total. The summed E-state index contributed by atoms with van der Waals surface area (Å²) in [6.45, 7) is 9.19. The number of rotatable bonds is 6. The predicted octanol–water partition coefficient (Wildman–Crippen LogP) is 2.71. The van der Waals surface area contributed by atoms with Crippen molar-refractivity contribution in [3.8, 4) is 0 Å². The molecule has 18 heavy (non-hydrogen) atoms.